The lowest BCUT2D eigenvalue weighted by Crippen LogP contribution is -2.60. The van der Waals surface area contributed by atoms with Gasteiger partial charge in [-0.25, -0.2) is 9.59 Å². The standard InChI is InChI=1S/C31H34Cl2N2O5/c1-6-38-28(36)31(29(37)39-7-2)26(20-8-12-22(32)13-9-20)35(27(34-31)21-10-14-23(33)15-11-21)24-16-18-25(19-17-24)40-30(3,4)5/h8-19,26-27,34H,6-7H2,1-5H3/t26-,27+/m0/s1. The van der Waals surface area contributed by atoms with Gasteiger partial charge in [-0.3, -0.25) is 5.32 Å². The molecule has 0 saturated carbocycles. The van der Waals surface area contributed by atoms with Crippen LogP contribution in [-0.2, 0) is 19.1 Å². The van der Waals surface area contributed by atoms with Gasteiger partial charge in [0.1, 0.15) is 17.5 Å². The van der Waals surface area contributed by atoms with E-state index in [1.165, 1.54) is 0 Å². The molecule has 1 aliphatic heterocycles. The Labute approximate surface area is 245 Å². The topological polar surface area (TPSA) is 77.1 Å². The van der Waals surface area contributed by atoms with Crippen molar-refractivity contribution in [3.8, 4) is 5.75 Å². The number of nitrogens with one attached hydrogen (secondary N) is 1. The summed E-state index contributed by atoms with van der Waals surface area (Å²) >= 11 is 12.5. The van der Waals surface area contributed by atoms with Crippen LogP contribution in [0.5, 0.6) is 5.75 Å². The molecule has 1 N–H and O–H groups in total. The first kappa shape index (κ1) is 29.7. The molecule has 7 nitrogen and oxygen atoms in total. The highest BCUT2D eigenvalue weighted by Gasteiger charge is 2.64. The van der Waals surface area contributed by atoms with E-state index in [2.05, 4.69) is 5.32 Å². The summed E-state index contributed by atoms with van der Waals surface area (Å²) in [5.41, 5.74) is -0.0790. The molecule has 1 saturated heterocycles. The summed E-state index contributed by atoms with van der Waals surface area (Å²) in [5.74, 6) is -0.776. The van der Waals surface area contributed by atoms with Crippen molar-refractivity contribution in [2.24, 2.45) is 0 Å². The van der Waals surface area contributed by atoms with Crippen molar-refractivity contribution in [3.05, 3.63) is 94.0 Å². The van der Waals surface area contributed by atoms with Crippen LogP contribution < -0.4 is 15.0 Å². The summed E-state index contributed by atoms with van der Waals surface area (Å²) in [4.78, 5) is 29.7. The van der Waals surface area contributed by atoms with E-state index in [4.69, 9.17) is 37.4 Å². The molecule has 3 aromatic rings. The minimum absolute atomic E-state index is 0.0828. The molecule has 0 unspecified atom stereocenters. The lowest BCUT2D eigenvalue weighted by Gasteiger charge is -2.35. The van der Waals surface area contributed by atoms with E-state index >= 15 is 0 Å². The molecule has 1 heterocycles. The number of nitrogens with zero attached hydrogens (tertiary/aromatic N) is 1. The maximum atomic E-state index is 13.9. The number of esters is 2. The zero-order valence-electron chi connectivity index (χ0n) is 23.2. The SMILES string of the molecule is CCOC(=O)C1(C(=O)OCC)N[C@@H](c2ccc(Cl)cc2)N(c2ccc(OC(C)(C)C)cc2)[C@H]1c1ccc(Cl)cc1. The number of ether oxygens (including phenoxy) is 3. The predicted octanol–water partition coefficient (Wildman–Crippen LogP) is 6.89. The first-order chi connectivity index (χ1) is 19.0. The molecule has 0 radical (unpaired) electrons. The third-order valence-corrected chi connectivity index (χ3v) is 6.96. The Kier molecular flexibility index (Phi) is 8.98. The molecule has 3 aromatic carbocycles. The van der Waals surface area contributed by atoms with Crippen LogP contribution >= 0.6 is 23.2 Å². The van der Waals surface area contributed by atoms with Crippen molar-refractivity contribution in [2.45, 2.75) is 58.0 Å². The molecule has 0 aliphatic carbocycles. The number of hydrogen-bond acceptors (Lipinski definition) is 7. The lowest BCUT2D eigenvalue weighted by molar-refractivity contribution is -0.166. The molecule has 0 aromatic heterocycles. The molecular formula is C31H34Cl2N2O5. The van der Waals surface area contributed by atoms with E-state index in [9.17, 15) is 9.59 Å². The van der Waals surface area contributed by atoms with Crippen LogP contribution in [0.1, 0.15) is 58.0 Å². The molecule has 0 spiro atoms. The Morgan fingerprint density at radius 1 is 0.800 bits per heavy atom. The summed E-state index contributed by atoms with van der Waals surface area (Å²) in [5, 5.41) is 4.43. The average molecular weight is 586 g/mol. The second kappa shape index (κ2) is 12.1. The monoisotopic (exact) mass is 584 g/mol. The molecule has 1 fully saturated rings. The van der Waals surface area contributed by atoms with E-state index in [-0.39, 0.29) is 18.8 Å². The Balaban J connectivity index is 1.97. The summed E-state index contributed by atoms with van der Waals surface area (Å²) in [7, 11) is 0. The Morgan fingerprint density at radius 3 is 1.73 bits per heavy atom. The largest absolute Gasteiger partial charge is 0.488 e. The fourth-order valence-corrected chi connectivity index (χ4v) is 5.17. The number of carbonyl (C=O) groups is 2. The number of rotatable bonds is 8. The second-order valence-corrected chi connectivity index (χ2v) is 11.3. The van der Waals surface area contributed by atoms with Crippen molar-refractivity contribution in [2.75, 3.05) is 18.1 Å². The van der Waals surface area contributed by atoms with Gasteiger partial charge in [-0.15, -0.1) is 0 Å². The van der Waals surface area contributed by atoms with Crippen LogP contribution in [0.15, 0.2) is 72.8 Å². The van der Waals surface area contributed by atoms with Crippen LogP contribution in [0, 0.1) is 0 Å². The molecule has 0 bridgehead atoms. The van der Waals surface area contributed by atoms with Gasteiger partial charge in [0.15, 0.2) is 0 Å². The highest BCUT2D eigenvalue weighted by atomic mass is 35.5. The number of hydrogen-bond donors (Lipinski definition) is 1. The van der Waals surface area contributed by atoms with Gasteiger partial charge in [0, 0.05) is 15.7 Å². The van der Waals surface area contributed by atoms with Gasteiger partial charge in [-0.1, -0.05) is 47.5 Å². The van der Waals surface area contributed by atoms with E-state index in [1.807, 2.05) is 62.1 Å². The van der Waals surface area contributed by atoms with Gasteiger partial charge < -0.3 is 19.1 Å². The summed E-state index contributed by atoms with van der Waals surface area (Å²) < 4.78 is 17.1. The minimum atomic E-state index is -1.90. The zero-order chi connectivity index (χ0) is 29.1. The van der Waals surface area contributed by atoms with Crippen molar-refractivity contribution < 1.29 is 23.8 Å². The quantitative estimate of drug-likeness (QED) is 0.228. The molecule has 1 aliphatic rings. The maximum absolute atomic E-state index is 13.9. The number of halogens is 2. The highest BCUT2D eigenvalue weighted by Crippen LogP contribution is 2.49. The Hall–Kier alpha value is -3.26. The molecule has 9 heteroatoms. The predicted molar refractivity (Wildman–Crippen MR) is 157 cm³/mol. The van der Waals surface area contributed by atoms with Crippen LogP contribution in [0.4, 0.5) is 5.69 Å². The maximum Gasteiger partial charge on any atom is 0.340 e. The molecule has 212 valence electrons. The third-order valence-electron chi connectivity index (χ3n) is 6.46. The Bertz CT molecular complexity index is 1300. The summed E-state index contributed by atoms with van der Waals surface area (Å²) in [6.45, 7) is 9.50. The van der Waals surface area contributed by atoms with Crippen LogP contribution in [0.3, 0.4) is 0 Å². The van der Waals surface area contributed by atoms with E-state index in [0.717, 1.165) is 11.3 Å². The normalized spacial score (nSPS) is 18.3. The third kappa shape index (κ3) is 6.07. The average Bonchev–Trinajstić information content (AvgIpc) is 3.27. The minimum Gasteiger partial charge on any atom is -0.488 e. The molecular weight excluding hydrogens is 551 g/mol. The van der Waals surface area contributed by atoms with Gasteiger partial charge >= 0.3 is 11.9 Å². The summed E-state index contributed by atoms with van der Waals surface area (Å²) in [6.07, 6.45) is -0.638. The molecule has 2 atom stereocenters. The second-order valence-electron chi connectivity index (χ2n) is 10.4. The van der Waals surface area contributed by atoms with Crippen molar-refractivity contribution in [1.82, 2.24) is 5.32 Å². The van der Waals surface area contributed by atoms with Crippen molar-refractivity contribution in [3.63, 3.8) is 0 Å². The molecule has 0 amide bonds. The van der Waals surface area contributed by atoms with Gasteiger partial charge in [-0.05, 0) is 94.3 Å². The smallest absolute Gasteiger partial charge is 0.340 e. The van der Waals surface area contributed by atoms with E-state index in [0.29, 0.717) is 21.4 Å². The lowest BCUT2D eigenvalue weighted by atomic mass is 9.85. The van der Waals surface area contributed by atoms with Crippen molar-refractivity contribution >= 4 is 40.8 Å². The first-order valence-electron chi connectivity index (χ1n) is 13.2. The van der Waals surface area contributed by atoms with E-state index < -0.39 is 29.7 Å². The Morgan fingerprint density at radius 2 is 1.27 bits per heavy atom. The number of benzene rings is 3. The van der Waals surface area contributed by atoms with Crippen LogP contribution in [0.25, 0.3) is 0 Å². The number of anilines is 1. The molecule has 4 rings (SSSR count). The van der Waals surface area contributed by atoms with Crippen LogP contribution in [-0.4, -0.2) is 36.3 Å². The summed E-state index contributed by atoms with van der Waals surface area (Å²) in [6, 6.07) is 21.0. The van der Waals surface area contributed by atoms with Gasteiger partial charge in [0.25, 0.3) is 0 Å². The first-order valence-corrected chi connectivity index (χ1v) is 14.0. The van der Waals surface area contributed by atoms with Gasteiger partial charge in [-0.2, -0.15) is 0 Å². The molecule has 40 heavy (non-hydrogen) atoms. The van der Waals surface area contributed by atoms with E-state index in [1.54, 1.807) is 50.2 Å². The highest BCUT2D eigenvalue weighted by molar-refractivity contribution is 6.30. The zero-order valence-corrected chi connectivity index (χ0v) is 24.8. The van der Waals surface area contributed by atoms with Crippen LogP contribution in [0.2, 0.25) is 10.0 Å². The fourth-order valence-electron chi connectivity index (χ4n) is 4.92. The van der Waals surface area contributed by atoms with Gasteiger partial charge in [0.2, 0.25) is 5.54 Å². The number of carbonyl (C=O) groups excluding carboxylic acids is 2. The fraction of sp³-hybridized carbons (Fsp3) is 0.355. The van der Waals surface area contributed by atoms with Gasteiger partial charge in [0.05, 0.1) is 19.3 Å². The van der Waals surface area contributed by atoms with Crippen molar-refractivity contribution in [1.29, 1.82) is 0 Å².